The van der Waals surface area contributed by atoms with E-state index in [9.17, 15) is 4.79 Å². The Kier molecular flexibility index (Phi) is 4.82. The molecular formula is C17H21N3O. The number of likely N-dealkylation sites (N-methyl/N-ethyl adjacent to an activating group) is 1. The van der Waals surface area contributed by atoms with Gasteiger partial charge in [-0.15, -0.1) is 0 Å². The summed E-state index contributed by atoms with van der Waals surface area (Å²) in [6.07, 6.45) is 0. The largest absolute Gasteiger partial charge is 0.399 e. The number of carbonyl (C=O) groups is 1. The van der Waals surface area contributed by atoms with Crippen LogP contribution in [0.3, 0.4) is 0 Å². The number of aryl methyl sites for hydroxylation is 1. The van der Waals surface area contributed by atoms with E-state index in [1.54, 1.807) is 0 Å². The molecule has 0 saturated heterocycles. The van der Waals surface area contributed by atoms with Crippen molar-refractivity contribution in [3.05, 3.63) is 54.1 Å². The van der Waals surface area contributed by atoms with E-state index >= 15 is 0 Å². The van der Waals surface area contributed by atoms with Crippen LogP contribution in [0.15, 0.2) is 48.5 Å². The number of nitrogens with zero attached hydrogens (tertiary/aromatic N) is 1. The van der Waals surface area contributed by atoms with Gasteiger partial charge in [-0.1, -0.05) is 24.3 Å². The van der Waals surface area contributed by atoms with Crippen molar-refractivity contribution in [3.63, 3.8) is 0 Å². The van der Waals surface area contributed by atoms with Crippen molar-refractivity contribution in [2.75, 3.05) is 29.0 Å². The van der Waals surface area contributed by atoms with Crippen molar-refractivity contribution < 1.29 is 4.79 Å². The Balaban J connectivity index is 2.05. The lowest BCUT2D eigenvalue weighted by Gasteiger charge is -2.23. The van der Waals surface area contributed by atoms with E-state index in [-0.39, 0.29) is 5.91 Å². The summed E-state index contributed by atoms with van der Waals surface area (Å²) in [5.74, 6) is -0.0337. The highest BCUT2D eigenvalue weighted by Gasteiger charge is 2.11. The topological polar surface area (TPSA) is 58.4 Å². The Hall–Kier alpha value is -2.49. The molecule has 1 amide bonds. The van der Waals surface area contributed by atoms with Crippen molar-refractivity contribution in [2.45, 2.75) is 13.8 Å². The Labute approximate surface area is 125 Å². The van der Waals surface area contributed by atoms with Crippen LogP contribution in [0, 0.1) is 6.92 Å². The molecule has 0 aromatic heterocycles. The Bertz CT molecular complexity index is 625. The molecule has 0 heterocycles. The lowest BCUT2D eigenvalue weighted by Crippen LogP contribution is -2.33. The number of hydrogen-bond donors (Lipinski definition) is 2. The Morgan fingerprint density at radius 2 is 1.95 bits per heavy atom. The van der Waals surface area contributed by atoms with Crippen molar-refractivity contribution in [3.8, 4) is 0 Å². The highest BCUT2D eigenvalue weighted by Crippen LogP contribution is 2.18. The summed E-state index contributed by atoms with van der Waals surface area (Å²) in [5.41, 5.74) is 9.36. The minimum Gasteiger partial charge on any atom is -0.399 e. The second kappa shape index (κ2) is 6.79. The van der Waals surface area contributed by atoms with Crippen LogP contribution in [-0.4, -0.2) is 19.0 Å². The van der Waals surface area contributed by atoms with Gasteiger partial charge in [-0.2, -0.15) is 0 Å². The fourth-order valence-electron chi connectivity index (χ4n) is 2.18. The molecule has 21 heavy (non-hydrogen) atoms. The summed E-state index contributed by atoms with van der Waals surface area (Å²) in [6, 6.07) is 15.3. The van der Waals surface area contributed by atoms with Crippen LogP contribution in [0.4, 0.5) is 17.1 Å². The third-order valence-corrected chi connectivity index (χ3v) is 3.37. The van der Waals surface area contributed by atoms with Crippen LogP contribution >= 0.6 is 0 Å². The Morgan fingerprint density at radius 3 is 2.62 bits per heavy atom. The van der Waals surface area contributed by atoms with E-state index in [2.05, 4.69) is 5.32 Å². The molecule has 0 bridgehead atoms. The zero-order valence-electron chi connectivity index (χ0n) is 12.5. The van der Waals surface area contributed by atoms with Crippen molar-refractivity contribution in [2.24, 2.45) is 0 Å². The number of benzene rings is 2. The number of anilines is 3. The number of carbonyl (C=O) groups excluding carboxylic acids is 1. The molecule has 0 radical (unpaired) electrons. The zero-order valence-corrected chi connectivity index (χ0v) is 12.5. The molecule has 2 aromatic rings. The number of nitrogens with one attached hydrogen (secondary N) is 1. The molecule has 110 valence electrons. The summed E-state index contributed by atoms with van der Waals surface area (Å²) in [5, 5.41) is 2.95. The van der Waals surface area contributed by atoms with Gasteiger partial charge in [-0.3, -0.25) is 4.79 Å². The van der Waals surface area contributed by atoms with Gasteiger partial charge in [0.2, 0.25) is 5.91 Å². The maximum atomic E-state index is 12.2. The molecule has 0 spiro atoms. The number of hydrogen-bond acceptors (Lipinski definition) is 3. The van der Waals surface area contributed by atoms with Crippen LogP contribution < -0.4 is 16.0 Å². The van der Waals surface area contributed by atoms with E-state index in [0.717, 1.165) is 23.5 Å². The highest BCUT2D eigenvalue weighted by molar-refractivity contribution is 5.94. The molecule has 0 aliphatic heterocycles. The lowest BCUT2D eigenvalue weighted by atomic mass is 10.2. The van der Waals surface area contributed by atoms with Crippen molar-refractivity contribution in [1.29, 1.82) is 0 Å². The molecule has 3 N–H and O–H groups in total. The molecule has 0 saturated carbocycles. The van der Waals surface area contributed by atoms with Gasteiger partial charge in [-0.05, 0) is 43.7 Å². The first kappa shape index (κ1) is 14.9. The minimum atomic E-state index is -0.0337. The van der Waals surface area contributed by atoms with Gasteiger partial charge in [0.25, 0.3) is 0 Å². The first-order valence-corrected chi connectivity index (χ1v) is 7.06. The maximum Gasteiger partial charge on any atom is 0.243 e. The van der Waals surface area contributed by atoms with Gasteiger partial charge in [0, 0.05) is 23.6 Å². The standard InChI is InChI=1S/C17H21N3O/c1-3-20(15-9-6-8-14(18)11-15)12-17(21)19-16-10-5-4-7-13(16)2/h4-11H,3,12,18H2,1-2H3,(H,19,21). The molecule has 2 rings (SSSR count). The normalized spacial score (nSPS) is 10.2. The summed E-state index contributed by atoms with van der Waals surface area (Å²) in [7, 11) is 0. The van der Waals surface area contributed by atoms with Gasteiger partial charge in [0.15, 0.2) is 0 Å². The summed E-state index contributed by atoms with van der Waals surface area (Å²) in [4.78, 5) is 14.2. The van der Waals surface area contributed by atoms with E-state index < -0.39 is 0 Å². The van der Waals surface area contributed by atoms with E-state index in [1.807, 2.05) is 67.3 Å². The SMILES string of the molecule is CCN(CC(=O)Nc1ccccc1C)c1cccc(N)c1. The van der Waals surface area contributed by atoms with Crippen LogP contribution in [-0.2, 0) is 4.79 Å². The summed E-state index contributed by atoms with van der Waals surface area (Å²) in [6.45, 7) is 5.04. The van der Waals surface area contributed by atoms with E-state index in [4.69, 9.17) is 5.73 Å². The predicted octanol–water partition coefficient (Wildman–Crippen LogP) is 3.04. The molecule has 0 fully saturated rings. The first-order valence-electron chi connectivity index (χ1n) is 7.06. The number of nitrogen functional groups attached to an aromatic ring is 1. The third kappa shape index (κ3) is 3.99. The average Bonchev–Trinajstić information content (AvgIpc) is 2.47. The van der Waals surface area contributed by atoms with E-state index in [1.165, 1.54) is 0 Å². The van der Waals surface area contributed by atoms with Crippen LogP contribution in [0.25, 0.3) is 0 Å². The maximum absolute atomic E-state index is 12.2. The zero-order chi connectivity index (χ0) is 15.2. The van der Waals surface area contributed by atoms with Crippen molar-refractivity contribution >= 4 is 23.0 Å². The number of amides is 1. The van der Waals surface area contributed by atoms with Gasteiger partial charge >= 0.3 is 0 Å². The predicted molar refractivity (Wildman–Crippen MR) is 88.6 cm³/mol. The van der Waals surface area contributed by atoms with Gasteiger partial charge < -0.3 is 16.0 Å². The smallest absolute Gasteiger partial charge is 0.243 e. The molecule has 4 heteroatoms. The Morgan fingerprint density at radius 1 is 1.19 bits per heavy atom. The van der Waals surface area contributed by atoms with E-state index in [0.29, 0.717) is 12.2 Å². The highest BCUT2D eigenvalue weighted by atomic mass is 16.2. The first-order chi connectivity index (χ1) is 10.1. The number of rotatable bonds is 5. The second-order valence-corrected chi connectivity index (χ2v) is 4.97. The average molecular weight is 283 g/mol. The van der Waals surface area contributed by atoms with Gasteiger partial charge in [-0.25, -0.2) is 0 Å². The van der Waals surface area contributed by atoms with Crippen LogP contribution in [0.2, 0.25) is 0 Å². The third-order valence-electron chi connectivity index (χ3n) is 3.37. The van der Waals surface area contributed by atoms with Gasteiger partial charge in [0.05, 0.1) is 6.54 Å². The number of nitrogens with two attached hydrogens (primary N) is 1. The molecular weight excluding hydrogens is 262 g/mol. The molecule has 0 atom stereocenters. The van der Waals surface area contributed by atoms with Crippen LogP contribution in [0.1, 0.15) is 12.5 Å². The quantitative estimate of drug-likeness (QED) is 0.829. The fraction of sp³-hybridized carbons (Fsp3) is 0.235. The second-order valence-electron chi connectivity index (χ2n) is 4.97. The van der Waals surface area contributed by atoms with Gasteiger partial charge in [0.1, 0.15) is 0 Å². The molecule has 0 unspecified atom stereocenters. The van der Waals surface area contributed by atoms with Crippen LogP contribution in [0.5, 0.6) is 0 Å². The molecule has 0 aliphatic rings. The summed E-state index contributed by atoms with van der Waals surface area (Å²) >= 11 is 0. The molecule has 2 aromatic carbocycles. The minimum absolute atomic E-state index is 0.0337. The monoisotopic (exact) mass is 283 g/mol. The van der Waals surface area contributed by atoms with Crippen molar-refractivity contribution in [1.82, 2.24) is 0 Å². The fourth-order valence-corrected chi connectivity index (χ4v) is 2.18. The molecule has 0 aliphatic carbocycles. The number of para-hydroxylation sites is 1. The molecule has 4 nitrogen and oxygen atoms in total. The lowest BCUT2D eigenvalue weighted by molar-refractivity contribution is -0.115. The summed E-state index contributed by atoms with van der Waals surface area (Å²) < 4.78 is 0.